The summed E-state index contributed by atoms with van der Waals surface area (Å²) >= 11 is 0. The summed E-state index contributed by atoms with van der Waals surface area (Å²) in [6.45, 7) is 7.29. The molecule has 0 amide bonds. The number of morpholine rings is 1. The molecule has 17 heavy (non-hydrogen) atoms. The smallest absolute Gasteiger partial charge is 0.124 e. The lowest BCUT2D eigenvalue weighted by Gasteiger charge is -2.26. The number of nitrogens with zero attached hydrogens (tertiary/aromatic N) is 1. The fraction of sp³-hybridized carbons (Fsp3) is 0.538. The number of hydrogen-bond acceptors (Lipinski definition) is 4. The van der Waals surface area contributed by atoms with Crippen molar-refractivity contribution in [3.63, 3.8) is 0 Å². The van der Waals surface area contributed by atoms with Crippen LogP contribution >= 0.6 is 0 Å². The molecule has 2 rings (SSSR count). The SMILES string of the molecule is Cc1c(N)cccc1OCCN1CCOCC1. The highest BCUT2D eigenvalue weighted by Crippen LogP contribution is 2.22. The molecule has 1 aromatic rings. The van der Waals surface area contributed by atoms with Crippen molar-refractivity contribution < 1.29 is 9.47 Å². The third-order valence-corrected chi connectivity index (χ3v) is 3.09. The standard InChI is InChI=1S/C13H20N2O2/c1-11-12(14)3-2-4-13(11)17-10-7-15-5-8-16-9-6-15/h2-4H,5-10,14H2,1H3. The first-order valence-corrected chi connectivity index (χ1v) is 6.05. The molecular formula is C13H20N2O2. The lowest BCUT2D eigenvalue weighted by Crippen LogP contribution is -2.38. The highest BCUT2D eigenvalue weighted by Gasteiger charge is 2.10. The summed E-state index contributed by atoms with van der Waals surface area (Å²) in [6, 6.07) is 5.78. The Balaban J connectivity index is 1.79. The van der Waals surface area contributed by atoms with Crippen molar-refractivity contribution in [2.24, 2.45) is 0 Å². The summed E-state index contributed by atoms with van der Waals surface area (Å²) < 4.78 is 11.1. The van der Waals surface area contributed by atoms with Crippen molar-refractivity contribution in [2.45, 2.75) is 6.92 Å². The van der Waals surface area contributed by atoms with Crippen LogP contribution in [-0.4, -0.2) is 44.4 Å². The van der Waals surface area contributed by atoms with Crippen LogP contribution in [0.4, 0.5) is 5.69 Å². The normalized spacial score (nSPS) is 17.0. The molecule has 0 spiro atoms. The van der Waals surface area contributed by atoms with Gasteiger partial charge in [0.25, 0.3) is 0 Å². The minimum atomic E-state index is 0.699. The molecule has 4 heteroatoms. The van der Waals surface area contributed by atoms with Crippen LogP contribution < -0.4 is 10.5 Å². The topological polar surface area (TPSA) is 47.7 Å². The van der Waals surface area contributed by atoms with Crippen LogP contribution in [0.3, 0.4) is 0 Å². The average Bonchev–Trinajstić information content (AvgIpc) is 2.36. The number of anilines is 1. The quantitative estimate of drug-likeness (QED) is 0.800. The highest BCUT2D eigenvalue weighted by atomic mass is 16.5. The summed E-state index contributed by atoms with van der Waals surface area (Å²) in [6.07, 6.45) is 0. The zero-order valence-corrected chi connectivity index (χ0v) is 10.3. The number of benzene rings is 1. The van der Waals surface area contributed by atoms with Gasteiger partial charge >= 0.3 is 0 Å². The first-order chi connectivity index (χ1) is 8.27. The Morgan fingerprint density at radius 1 is 1.35 bits per heavy atom. The van der Waals surface area contributed by atoms with Crippen LogP contribution in [-0.2, 0) is 4.74 Å². The van der Waals surface area contributed by atoms with E-state index in [4.69, 9.17) is 15.2 Å². The summed E-state index contributed by atoms with van der Waals surface area (Å²) in [5.41, 5.74) is 7.64. The molecule has 1 aromatic carbocycles. The van der Waals surface area contributed by atoms with Gasteiger partial charge in [-0.2, -0.15) is 0 Å². The third-order valence-electron chi connectivity index (χ3n) is 3.09. The van der Waals surface area contributed by atoms with Gasteiger partial charge in [0.15, 0.2) is 0 Å². The van der Waals surface area contributed by atoms with E-state index in [0.29, 0.717) is 6.61 Å². The number of hydrogen-bond donors (Lipinski definition) is 1. The number of nitrogen functional groups attached to an aromatic ring is 1. The number of rotatable bonds is 4. The van der Waals surface area contributed by atoms with Gasteiger partial charge in [0, 0.05) is 30.9 Å². The average molecular weight is 236 g/mol. The monoisotopic (exact) mass is 236 g/mol. The molecule has 1 heterocycles. The molecule has 2 N–H and O–H groups in total. The van der Waals surface area contributed by atoms with Gasteiger partial charge in [-0.05, 0) is 19.1 Å². The largest absolute Gasteiger partial charge is 0.492 e. The summed E-state index contributed by atoms with van der Waals surface area (Å²) in [7, 11) is 0. The summed E-state index contributed by atoms with van der Waals surface area (Å²) in [5, 5.41) is 0. The predicted molar refractivity (Wildman–Crippen MR) is 68.3 cm³/mol. The van der Waals surface area contributed by atoms with Gasteiger partial charge in [-0.15, -0.1) is 0 Å². The zero-order valence-electron chi connectivity index (χ0n) is 10.3. The van der Waals surface area contributed by atoms with E-state index in [1.54, 1.807) is 0 Å². The summed E-state index contributed by atoms with van der Waals surface area (Å²) in [5.74, 6) is 0.887. The Labute approximate surface area is 102 Å². The van der Waals surface area contributed by atoms with Gasteiger partial charge in [-0.3, -0.25) is 4.90 Å². The second-order valence-corrected chi connectivity index (χ2v) is 4.27. The molecule has 94 valence electrons. The Bertz CT molecular complexity index is 362. The highest BCUT2D eigenvalue weighted by molar-refractivity contribution is 5.53. The van der Waals surface area contributed by atoms with Crippen LogP contribution in [0.1, 0.15) is 5.56 Å². The van der Waals surface area contributed by atoms with E-state index >= 15 is 0 Å². The molecule has 0 atom stereocenters. The molecule has 0 aromatic heterocycles. The van der Waals surface area contributed by atoms with E-state index in [1.807, 2.05) is 25.1 Å². The van der Waals surface area contributed by atoms with Gasteiger partial charge in [0.1, 0.15) is 12.4 Å². The second kappa shape index (κ2) is 5.89. The van der Waals surface area contributed by atoms with Crippen LogP contribution in [0, 0.1) is 6.92 Å². The minimum Gasteiger partial charge on any atom is -0.492 e. The third kappa shape index (κ3) is 3.35. The molecule has 0 aliphatic carbocycles. The fourth-order valence-corrected chi connectivity index (χ4v) is 1.90. The van der Waals surface area contributed by atoms with Crippen LogP contribution in [0.25, 0.3) is 0 Å². The van der Waals surface area contributed by atoms with Crippen molar-refractivity contribution in [3.8, 4) is 5.75 Å². The van der Waals surface area contributed by atoms with E-state index in [-0.39, 0.29) is 0 Å². The summed E-state index contributed by atoms with van der Waals surface area (Å²) in [4.78, 5) is 2.35. The maximum Gasteiger partial charge on any atom is 0.124 e. The lowest BCUT2D eigenvalue weighted by atomic mass is 10.2. The lowest BCUT2D eigenvalue weighted by molar-refractivity contribution is 0.0322. The van der Waals surface area contributed by atoms with Crippen molar-refractivity contribution >= 4 is 5.69 Å². The maximum atomic E-state index is 5.83. The molecule has 1 fully saturated rings. The number of ether oxygens (including phenoxy) is 2. The van der Waals surface area contributed by atoms with Crippen molar-refractivity contribution in [2.75, 3.05) is 45.2 Å². The van der Waals surface area contributed by atoms with Crippen LogP contribution in [0.5, 0.6) is 5.75 Å². The molecule has 1 saturated heterocycles. The minimum absolute atomic E-state index is 0.699. The van der Waals surface area contributed by atoms with Crippen LogP contribution in [0.2, 0.25) is 0 Å². The Morgan fingerprint density at radius 2 is 2.12 bits per heavy atom. The van der Waals surface area contributed by atoms with Gasteiger partial charge in [-0.1, -0.05) is 6.07 Å². The zero-order chi connectivity index (χ0) is 12.1. The van der Waals surface area contributed by atoms with E-state index < -0.39 is 0 Å². The van der Waals surface area contributed by atoms with Gasteiger partial charge < -0.3 is 15.2 Å². The molecule has 1 aliphatic heterocycles. The van der Waals surface area contributed by atoms with E-state index in [1.165, 1.54) is 0 Å². The molecule has 0 radical (unpaired) electrons. The first-order valence-electron chi connectivity index (χ1n) is 6.05. The Hall–Kier alpha value is -1.26. The second-order valence-electron chi connectivity index (χ2n) is 4.27. The first kappa shape index (κ1) is 12.2. The Morgan fingerprint density at radius 3 is 2.88 bits per heavy atom. The van der Waals surface area contributed by atoms with Crippen LogP contribution in [0.15, 0.2) is 18.2 Å². The molecule has 0 bridgehead atoms. The molecule has 0 unspecified atom stereocenters. The van der Waals surface area contributed by atoms with Crippen molar-refractivity contribution in [1.82, 2.24) is 4.90 Å². The molecule has 4 nitrogen and oxygen atoms in total. The van der Waals surface area contributed by atoms with Gasteiger partial charge in [0.2, 0.25) is 0 Å². The number of nitrogens with two attached hydrogens (primary N) is 1. The van der Waals surface area contributed by atoms with E-state index in [9.17, 15) is 0 Å². The predicted octanol–water partition coefficient (Wildman–Crippen LogP) is 1.29. The fourth-order valence-electron chi connectivity index (χ4n) is 1.90. The Kier molecular flexibility index (Phi) is 4.23. The van der Waals surface area contributed by atoms with Crippen molar-refractivity contribution in [3.05, 3.63) is 23.8 Å². The molecular weight excluding hydrogens is 216 g/mol. The van der Waals surface area contributed by atoms with E-state index in [0.717, 1.165) is 49.8 Å². The van der Waals surface area contributed by atoms with Gasteiger partial charge in [-0.25, -0.2) is 0 Å². The van der Waals surface area contributed by atoms with Gasteiger partial charge in [0.05, 0.1) is 13.2 Å². The van der Waals surface area contributed by atoms with Crippen molar-refractivity contribution in [1.29, 1.82) is 0 Å². The molecule has 0 saturated carbocycles. The van der Waals surface area contributed by atoms with E-state index in [2.05, 4.69) is 4.90 Å². The molecule has 1 aliphatic rings. The maximum absolute atomic E-state index is 5.83.